The highest BCUT2D eigenvalue weighted by molar-refractivity contribution is 9.08. The van der Waals surface area contributed by atoms with Gasteiger partial charge in [0.05, 0.1) is 29.9 Å². The van der Waals surface area contributed by atoms with Crippen LogP contribution in [0.15, 0.2) is 6.20 Å². The van der Waals surface area contributed by atoms with Crippen molar-refractivity contribution >= 4 is 15.9 Å². The van der Waals surface area contributed by atoms with Crippen molar-refractivity contribution in [2.45, 2.75) is 18.1 Å². The molecule has 1 rings (SSSR count). The zero-order valence-electron chi connectivity index (χ0n) is 8.25. The van der Waals surface area contributed by atoms with Gasteiger partial charge >= 0.3 is 6.36 Å². The van der Waals surface area contributed by atoms with Gasteiger partial charge in [-0.05, 0) is 0 Å². The molecule has 0 fully saturated rings. The van der Waals surface area contributed by atoms with Gasteiger partial charge < -0.3 is 9.84 Å². The van der Waals surface area contributed by atoms with Crippen molar-refractivity contribution < 1.29 is 23.0 Å². The molecule has 0 saturated heterocycles. The molecule has 0 unspecified atom stereocenters. The molecule has 17 heavy (non-hydrogen) atoms. The van der Waals surface area contributed by atoms with E-state index in [1.54, 1.807) is 6.07 Å². The van der Waals surface area contributed by atoms with E-state index in [-0.39, 0.29) is 16.6 Å². The van der Waals surface area contributed by atoms with Crippen LogP contribution in [0.4, 0.5) is 13.2 Å². The summed E-state index contributed by atoms with van der Waals surface area (Å²) in [5.74, 6) is -1.13. The third kappa shape index (κ3) is 3.49. The number of rotatable bonds is 3. The molecule has 92 valence electrons. The van der Waals surface area contributed by atoms with E-state index in [1.807, 2.05) is 0 Å². The van der Waals surface area contributed by atoms with Crippen molar-refractivity contribution in [3.05, 3.63) is 17.5 Å². The summed E-state index contributed by atoms with van der Waals surface area (Å²) in [7, 11) is 0. The Morgan fingerprint density at radius 1 is 1.53 bits per heavy atom. The number of nitriles is 1. The molecule has 0 bridgehead atoms. The first-order chi connectivity index (χ1) is 7.89. The van der Waals surface area contributed by atoms with Crippen molar-refractivity contribution in [3.63, 3.8) is 0 Å². The predicted molar refractivity (Wildman–Crippen MR) is 54.5 cm³/mol. The molecular formula is C9H6BrF3N2O2. The Hall–Kier alpha value is -1.49. The third-order valence-corrected chi connectivity index (χ3v) is 2.32. The minimum atomic E-state index is -4.91. The Morgan fingerprint density at radius 2 is 2.18 bits per heavy atom. The van der Waals surface area contributed by atoms with Crippen molar-refractivity contribution in [2.75, 3.05) is 0 Å². The van der Waals surface area contributed by atoms with Gasteiger partial charge in [0.25, 0.3) is 0 Å². The number of pyridine rings is 1. The second kappa shape index (κ2) is 5.23. The average Bonchev–Trinajstić information content (AvgIpc) is 2.22. The van der Waals surface area contributed by atoms with Crippen LogP contribution < -0.4 is 4.74 Å². The van der Waals surface area contributed by atoms with E-state index in [4.69, 9.17) is 5.26 Å². The van der Waals surface area contributed by atoms with Crippen LogP contribution in [0.3, 0.4) is 0 Å². The molecule has 0 amide bonds. The van der Waals surface area contributed by atoms with E-state index in [0.29, 0.717) is 0 Å². The number of nitrogens with zero attached hydrogens (tertiary/aromatic N) is 2. The molecule has 0 spiro atoms. The topological polar surface area (TPSA) is 66.1 Å². The summed E-state index contributed by atoms with van der Waals surface area (Å²) >= 11 is 2.95. The molecular weight excluding hydrogens is 305 g/mol. The lowest BCUT2D eigenvalue weighted by atomic mass is 10.1. The lowest BCUT2D eigenvalue weighted by molar-refractivity contribution is -0.275. The summed E-state index contributed by atoms with van der Waals surface area (Å²) in [5.41, 5.74) is -0.264. The zero-order chi connectivity index (χ0) is 13.1. The first kappa shape index (κ1) is 13.6. The van der Waals surface area contributed by atoms with Crippen LogP contribution in [-0.4, -0.2) is 16.5 Å². The Kier molecular flexibility index (Phi) is 4.17. The van der Waals surface area contributed by atoms with Crippen LogP contribution in [0.25, 0.3) is 0 Å². The van der Waals surface area contributed by atoms with Gasteiger partial charge in [-0.2, -0.15) is 5.26 Å². The van der Waals surface area contributed by atoms with E-state index >= 15 is 0 Å². The summed E-state index contributed by atoms with van der Waals surface area (Å²) in [4.78, 5) is 3.59. The van der Waals surface area contributed by atoms with Gasteiger partial charge in [-0.25, -0.2) is 0 Å². The Morgan fingerprint density at radius 3 is 2.65 bits per heavy atom. The van der Waals surface area contributed by atoms with Crippen molar-refractivity contribution in [1.29, 1.82) is 5.26 Å². The zero-order valence-corrected chi connectivity index (χ0v) is 9.84. The minimum Gasteiger partial charge on any atom is -0.506 e. The Bertz CT molecular complexity index is 457. The first-order valence-electron chi connectivity index (χ1n) is 4.27. The molecule has 0 aliphatic carbocycles. The van der Waals surface area contributed by atoms with E-state index in [2.05, 4.69) is 25.7 Å². The van der Waals surface area contributed by atoms with Crippen LogP contribution in [0.5, 0.6) is 11.5 Å². The number of hydrogen-bond donors (Lipinski definition) is 1. The fraction of sp³-hybridized carbons (Fsp3) is 0.333. The highest BCUT2D eigenvalue weighted by atomic mass is 79.9. The summed E-state index contributed by atoms with van der Waals surface area (Å²) < 4.78 is 40.3. The lowest BCUT2D eigenvalue weighted by Gasteiger charge is -2.15. The molecule has 0 aliphatic heterocycles. The van der Waals surface area contributed by atoms with Crippen molar-refractivity contribution in [1.82, 2.24) is 4.98 Å². The fourth-order valence-corrected chi connectivity index (χ4v) is 1.55. The monoisotopic (exact) mass is 310 g/mol. The number of halogens is 4. The van der Waals surface area contributed by atoms with Gasteiger partial charge in [-0.15, -0.1) is 13.2 Å². The molecule has 1 N–H and O–H groups in total. The highest BCUT2D eigenvalue weighted by Gasteiger charge is 2.34. The quantitative estimate of drug-likeness (QED) is 0.872. The predicted octanol–water partition coefficient (Wildman–Crippen LogP) is 2.65. The summed E-state index contributed by atoms with van der Waals surface area (Å²) in [6, 6.07) is 1.65. The van der Waals surface area contributed by atoms with Crippen LogP contribution >= 0.6 is 15.9 Å². The standard InChI is InChI=1S/C9H6BrF3N2O2/c10-3-6-8(17-9(11,12)13)5(1-2-14)7(16)4-15-6/h4,16H,1,3H2. The summed E-state index contributed by atoms with van der Waals surface area (Å²) in [5, 5.41) is 17.9. The number of ether oxygens (including phenoxy) is 1. The molecule has 0 aliphatic rings. The van der Waals surface area contributed by atoms with E-state index in [0.717, 1.165) is 6.20 Å². The largest absolute Gasteiger partial charge is 0.573 e. The molecule has 0 saturated carbocycles. The molecule has 0 radical (unpaired) electrons. The second-order valence-corrected chi connectivity index (χ2v) is 3.47. The van der Waals surface area contributed by atoms with Crippen molar-refractivity contribution in [2.24, 2.45) is 0 Å². The van der Waals surface area contributed by atoms with Crippen LogP contribution in [0.2, 0.25) is 0 Å². The smallest absolute Gasteiger partial charge is 0.506 e. The minimum absolute atomic E-state index is 0.0110. The van der Waals surface area contributed by atoms with E-state index in [1.165, 1.54) is 0 Å². The molecule has 1 aromatic heterocycles. The fourth-order valence-electron chi connectivity index (χ4n) is 1.15. The molecule has 4 nitrogen and oxygen atoms in total. The molecule has 0 aromatic carbocycles. The first-order valence-corrected chi connectivity index (χ1v) is 5.39. The number of aromatic hydroxyl groups is 1. The second-order valence-electron chi connectivity index (χ2n) is 2.91. The van der Waals surface area contributed by atoms with Crippen LogP contribution in [0, 0.1) is 11.3 Å². The van der Waals surface area contributed by atoms with Gasteiger partial charge in [-0.3, -0.25) is 4.98 Å². The van der Waals surface area contributed by atoms with Gasteiger partial charge in [0.1, 0.15) is 5.75 Å². The summed E-state index contributed by atoms with van der Waals surface area (Å²) in [6.07, 6.45) is -4.33. The normalized spacial score (nSPS) is 11.0. The summed E-state index contributed by atoms with van der Waals surface area (Å²) in [6.45, 7) is 0. The van der Waals surface area contributed by atoms with E-state index in [9.17, 15) is 18.3 Å². The lowest BCUT2D eigenvalue weighted by Crippen LogP contribution is -2.19. The van der Waals surface area contributed by atoms with Crippen LogP contribution in [0.1, 0.15) is 11.3 Å². The Balaban J connectivity index is 3.30. The van der Waals surface area contributed by atoms with Gasteiger partial charge in [0, 0.05) is 5.33 Å². The van der Waals surface area contributed by atoms with E-state index < -0.39 is 24.3 Å². The van der Waals surface area contributed by atoms with Gasteiger partial charge in [0.2, 0.25) is 0 Å². The van der Waals surface area contributed by atoms with Gasteiger partial charge in [-0.1, -0.05) is 15.9 Å². The van der Waals surface area contributed by atoms with Crippen molar-refractivity contribution in [3.8, 4) is 17.6 Å². The molecule has 0 atom stereocenters. The van der Waals surface area contributed by atoms with Crippen LogP contribution in [-0.2, 0) is 11.8 Å². The average molecular weight is 311 g/mol. The third-order valence-electron chi connectivity index (χ3n) is 1.79. The Labute approximate surface area is 103 Å². The SMILES string of the molecule is N#CCc1c(O)cnc(CBr)c1OC(F)(F)F. The molecule has 8 heteroatoms. The highest BCUT2D eigenvalue weighted by Crippen LogP contribution is 2.35. The molecule has 1 heterocycles. The number of hydrogen-bond acceptors (Lipinski definition) is 4. The number of aromatic nitrogens is 1. The maximum Gasteiger partial charge on any atom is 0.573 e. The number of alkyl halides is 4. The van der Waals surface area contributed by atoms with Gasteiger partial charge in [0.15, 0.2) is 5.75 Å². The maximum atomic E-state index is 12.2. The molecule has 1 aromatic rings. The maximum absolute atomic E-state index is 12.2.